The first-order valence-corrected chi connectivity index (χ1v) is 7.60. The van der Waals surface area contributed by atoms with Crippen LogP contribution in [0.3, 0.4) is 0 Å². The van der Waals surface area contributed by atoms with Gasteiger partial charge in [0.2, 0.25) is 10.0 Å². The van der Waals surface area contributed by atoms with Crippen molar-refractivity contribution in [3.05, 3.63) is 34.6 Å². The van der Waals surface area contributed by atoms with E-state index in [2.05, 4.69) is 10.0 Å². The van der Waals surface area contributed by atoms with Crippen LogP contribution in [0.25, 0.3) is 0 Å². The van der Waals surface area contributed by atoms with Crippen LogP contribution in [0.2, 0.25) is 5.02 Å². The lowest BCUT2D eigenvalue weighted by atomic mass is 10.2. The Kier molecular flexibility index (Phi) is 6.01. The Hall–Kier alpha value is -0.690. The van der Waals surface area contributed by atoms with Crippen LogP contribution in [-0.4, -0.2) is 27.3 Å². The molecule has 0 aromatic heterocycles. The van der Waals surface area contributed by atoms with Crippen molar-refractivity contribution in [1.29, 1.82) is 0 Å². The molecule has 0 atom stereocenters. The standard InChI is InChI=1S/C11H16ClFN2O2S/c1-2-18(16,17)15-7-6-14-8-9-4-3-5-10(12)11(9)13/h3-5,14-15H,2,6-8H2,1H3. The number of hydrogen-bond donors (Lipinski definition) is 2. The van der Waals surface area contributed by atoms with E-state index >= 15 is 0 Å². The van der Waals surface area contributed by atoms with Crippen LogP contribution in [0.1, 0.15) is 12.5 Å². The van der Waals surface area contributed by atoms with Gasteiger partial charge in [0.1, 0.15) is 5.82 Å². The van der Waals surface area contributed by atoms with Crippen molar-refractivity contribution in [2.45, 2.75) is 13.5 Å². The van der Waals surface area contributed by atoms with Crippen molar-refractivity contribution in [3.8, 4) is 0 Å². The Bertz CT molecular complexity index is 494. The van der Waals surface area contributed by atoms with Crippen LogP contribution in [0.4, 0.5) is 4.39 Å². The lowest BCUT2D eigenvalue weighted by molar-refractivity contribution is 0.569. The summed E-state index contributed by atoms with van der Waals surface area (Å²) >= 11 is 5.64. The molecule has 0 bridgehead atoms. The highest BCUT2D eigenvalue weighted by atomic mass is 35.5. The van der Waals surface area contributed by atoms with E-state index in [1.54, 1.807) is 19.1 Å². The molecule has 102 valence electrons. The largest absolute Gasteiger partial charge is 0.311 e. The summed E-state index contributed by atoms with van der Waals surface area (Å²) in [6.45, 7) is 2.57. The summed E-state index contributed by atoms with van der Waals surface area (Å²) in [6, 6.07) is 4.78. The van der Waals surface area contributed by atoms with Gasteiger partial charge < -0.3 is 5.32 Å². The number of halogens is 2. The lowest BCUT2D eigenvalue weighted by Gasteiger charge is -2.07. The van der Waals surface area contributed by atoms with E-state index in [-0.39, 0.29) is 17.3 Å². The molecule has 0 radical (unpaired) electrons. The zero-order chi connectivity index (χ0) is 13.6. The predicted octanol–water partition coefficient (Wildman–Crippen LogP) is 1.51. The number of benzene rings is 1. The first-order valence-electron chi connectivity index (χ1n) is 5.57. The van der Waals surface area contributed by atoms with Gasteiger partial charge >= 0.3 is 0 Å². The van der Waals surface area contributed by atoms with Gasteiger partial charge in [0.05, 0.1) is 10.8 Å². The van der Waals surface area contributed by atoms with Crippen LogP contribution in [0.15, 0.2) is 18.2 Å². The molecule has 1 rings (SSSR count). The van der Waals surface area contributed by atoms with Crippen LogP contribution in [-0.2, 0) is 16.6 Å². The minimum absolute atomic E-state index is 0.0515. The van der Waals surface area contributed by atoms with Crippen LogP contribution < -0.4 is 10.0 Å². The highest BCUT2D eigenvalue weighted by molar-refractivity contribution is 7.89. The second kappa shape index (κ2) is 7.04. The summed E-state index contributed by atoms with van der Waals surface area (Å²) in [4.78, 5) is 0. The van der Waals surface area contributed by atoms with E-state index in [0.29, 0.717) is 18.7 Å². The minimum Gasteiger partial charge on any atom is -0.311 e. The summed E-state index contributed by atoms with van der Waals surface area (Å²) in [5, 5.41) is 3.03. The van der Waals surface area contributed by atoms with Crippen molar-refractivity contribution >= 4 is 21.6 Å². The average molecular weight is 295 g/mol. The fraction of sp³-hybridized carbons (Fsp3) is 0.455. The molecule has 1 aromatic carbocycles. The van der Waals surface area contributed by atoms with E-state index in [9.17, 15) is 12.8 Å². The zero-order valence-electron chi connectivity index (χ0n) is 10.0. The summed E-state index contributed by atoms with van der Waals surface area (Å²) in [5.74, 6) is -0.392. The minimum atomic E-state index is -3.16. The molecule has 0 aliphatic heterocycles. The Morgan fingerprint density at radius 2 is 2.06 bits per heavy atom. The van der Waals surface area contributed by atoms with Gasteiger partial charge in [-0.1, -0.05) is 23.7 Å². The number of hydrogen-bond acceptors (Lipinski definition) is 3. The smallest absolute Gasteiger partial charge is 0.211 e. The monoisotopic (exact) mass is 294 g/mol. The molecule has 0 saturated heterocycles. The number of rotatable bonds is 7. The molecule has 4 nitrogen and oxygen atoms in total. The summed E-state index contributed by atoms with van der Waals surface area (Å²) in [7, 11) is -3.16. The maximum absolute atomic E-state index is 13.5. The molecule has 1 aromatic rings. The van der Waals surface area contributed by atoms with E-state index in [1.807, 2.05) is 0 Å². The highest BCUT2D eigenvalue weighted by Gasteiger charge is 2.06. The van der Waals surface area contributed by atoms with Crippen molar-refractivity contribution in [2.75, 3.05) is 18.8 Å². The topological polar surface area (TPSA) is 58.2 Å². The van der Waals surface area contributed by atoms with Crippen LogP contribution in [0, 0.1) is 5.82 Å². The Balaban J connectivity index is 2.33. The molecule has 0 aliphatic carbocycles. The number of nitrogens with one attached hydrogen (secondary N) is 2. The third-order valence-electron chi connectivity index (χ3n) is 2.35. The molecule has 0 spiro atoms. The van der Waals surface area contributed by atoms with E-state index < -0.39 is 15.8 Å². The molecule has 18 heavy (non-hydrogen) atoms. The molecule has 0 aliphatic rings. The van der Waals surface area contributed by atoms with Crippen LogP contribution in [0.5, 0.6) is 0 Å². The van der Waals surface area contributed by atoms with Gasteiger partial charge in [0.25, 0.3) is 0 Å². The first-order chi connectivity index (χ1) is 8.46. The fourth-order valence-corrected chi connectivity index (χ4v) is 2.12. The van der Waals surface area contributed by atoms with Gasteiger partial charge in [-0.05, 0) is 13.0 Å². The average Bonchev–Trinajstić information content (AvgIpc) is 2.34. The highest BCUT2D eigenvalue weighted by Crippen LogP contribution is 2.17. The Labute approximate surface area is 112 Å². The SMILES string of the molecule is CCS(=O)(=O)NCCNCc1cccc(Cl)c1F. The van der Waals surface area contributed by atoms with Crippen molar-refractivity contribution in [3.63, 3.8) is 0 Å². The Morgan fingerprint density at radius 3 is 2.72 bits per heavy atom. The fourth-order valence-electron chi connectivity index (χ4n) is 1.31. The lowest BCUT2D eigenvalue weighted by Crippen LogP contribution is -2.32. The summed E-state index contributed by atoms with van der Waals surface area (Å²) in [6.07, 6.45) is 0. The number of sulfonamides is 1. The molecular weight excluding hydrogens is 279 g/mol. The van der Waals surface area contributed by atoms with E-state index in [0.717, 1.165) is 0 Å². The maximum Gasteiger partial charge on any atom is 0.211 e. The Morgan fingerprint density at radius 1 is 1.33 bits per heavy atom. The molecule has 0 saturated carbocycles. The predicted molar refractivity (Wildman–Crippen MR) is 70.6 cm³/mol. The molecule has 7 heteroatoms. The van der Waals surface area contributed by atoms with Crippen molar-refractivity contribution in [2.24, 2.45) is 0 Å². The van der Waals surface area contributed by atoms with E-state index in [4.69, 9.17) is 11.6 Å². The maximum atomic E-state index is 13.5. The first kappa shape index (κ1) is 15.4. The quantitative estimate of drug-likeness (QED) is 0.750. The summed E-state index contributed by atoms with van der Waals surface area (Å²) in [5.41, 5.74) is 0.459. The normalized spacial score (nSPS) is 11.7. The van der Waals surface area contributed by atoms with Gasteiger partial charge in [0, 0.05) is 25.2 Å². The van der Waals surface area contributed by atoms with E-state index in [1.165, 1.54) is 6.07 Å². The molecular formula is C11H16ClFN2O2S. The van der Waals surface area contributed by atoms with Gasteiger partial charge in [-0.3, -0.25) is 0 Å². The third-order valence-corrected chi connectivity index (χ3v) is 4.05. The third kappa shape index (κ3) is 4.89. The molecule has 0 heterocycles. The molecule has 0 amide bonds. The van der Waals surface area contributed by atoms with Gasteiger partial charge in [0.15, 0.2) is 0 Å². The van der Waals surface area contributed by atoms with Crippen LogP contribution >= 0.6 is 11.6 Å². The van der Waals surface area contributed by atoms with Gasteiger partial charge in [-0.15, -0.1) is 0 Å². The summed E-state index contributed by atoms with van der Waals surface area (Å²) < 4.78 is 38.1. The van der Waals surface area contributed by atoms with Gasteiger partial charge in [-0.25, -0.2) is 17.5 Å². The van der Waals surface area contributed by atoms with Crippen molar-refractivity contribution in [1.82, 2.24) is 10.0 Å². The van der Waals surface area contributed by atoms with Gasteiger partial charge in [-0.2, -0.15) is 0 Å². The van der Waals surface area contributed by atoms with Crippen molar-refractivity contribution < 1.29 is 12.8 Å². The second-order valence-corrected chi connectivity index (χ2v) is 6.19. The molecule has 0 fully saturated rings. The zero-order valence-corrected chi connectivity index (χ0v) is 11.6. The second-order valence-electron chi connectivity index (χ2n) is 3.69. The molecule has 2 N–H and O–H groups in total. The molecule has 0 unspecified atom stereocenters.